The van der Waals surface area contributed by atoms with Gasteiger partial charge in [-0.15, -0.1) is 0 Å². The van der Waals surface area contributed by atoms with Crippen molar-refractivity contribution in [2.75, 3.05) is 26.2 Å². The maximum atomic E-state index is 11.6. The van der Waals surface area contributed by atoms with Crippen LogP contribution >= 0.6 is 0 Å². The van der Waals surface area contributed by atoms with Crippen molar-refractivity contribution in [1.29, 1.82) is 0 Å². The molecule has 102 valence electrons. The minimum atomic E-state index is -0.0553. The van der Waals surface area contributed by atoms with E-state index in [2.05, 4.69) is 29.0 Å². The second-order valence-corrected chi connectivity index (χ2v) is 3.52. The normalized spacial score (nSPS) is 9.61. The fraction of sp³-hybridized carbons (Fsp3) is 0.571. The Morgan fingerprint density at radius 2 is 2.00 bits per heavy atom. The monoisotopic (exact) mass is 251 g/mol. The van der Waals surface area contributed by atoms with E-state index in [0.717, 1.165) is 19.6 Å². The smallest absolute Gasteiger partial charge is 0.252 e. The van der Waals surface area contributed by atoms with Gasteiger partial charge in [0.25, 0.3) is 5.91 Å². The molecule has 0 aromatic carbocycles. The summed E-state index contributed by atoms with van der Waals surface area (Å²) in [7, 11) is 0. The molecule has 1 aromatic rings. The van der Waals surface area contributed by atoms with Crippen molar-refractivity contribution in [3.63, 3.8) is 0 Å². The first kappa shape index (κ1) is 16.6. The van der Waals surface area contributed by atoms with Crippen LogP contribution in [0.4, 0.5) is 0 Å². The van der Waals surface area contributed by atoms with Crippen LogP contribution in [0, 0.1) is 0 Å². The highest BCUT2D eigenvalue weighted by atomic mass is 16.1. The molecule has 0 saturated carbocycles. The van der Waals surface area contributed by atoms with Crippen LogP contribution in [0.25, 0.3) is 0 Å². The zero-order valence-electron chi connectivity index (χ0n) is 11.9. The van der Waals surface area contributed by atoms with Crippen LogP contribution in [-0.2, 0) is 0 Å². The molecule has 0 atom stereocenters. The largest absolute Gasteiger partial charge is 0.351 e. The third-order valence-corrected chi connectivity index (χ3v) is 2.53. The topological polar surface area (TPSA) is 45.2 Å². The van der Waals surface area contributed by atoms with Crippen molar-refractivity contribution < 1.29 is 4.79 Å². The van der Waals surface area contributed by atoms with Gasteiger partial charge in [-0.05, 0) is 25.2 Å². The maximum absolute atomic E-state index is 11.6. The molecule has 4 heteroatoms. The summed E-state index contributed by atoms with van der Waals surface area (Å²) in [6, 6.07) is 3.53. The number of rotatable bonds is 6. The summed E-state index contributed by atoms with van der Waals surface area (Å²) >= 11 is 0. The summed E-state index contributed by atoms with van der Waals surface area (Å²) < 4.78 is 0. The lowest BCUT2D eigenvalue weighted by Crippen LogP contribution is -2.34. The number of carbonyl (C=O) groups excluding carboxylic acids is 1. The van der Waals surface area contributed by atoms with Crippen molar-refractivity contribution in [2.45, 2.75) is 27.7 Å². The molecule has 0 aliphatic carbocycles. The number of hydrogen-bond donors (Lipinski definition) is 1. The summed E-state index contributed by atoms with van der Waals surface area (Å²) in [4.78, 5) is 17.8. The molecule has 1 amide bonds. The van der Waals surface area contributed by atoms with Crippen molar-refractivity contribution in [3.05, 3.63) is 30.1 Å². The number of carbonyl (C=O) groups is 1. The van der Waals surface area contributed by atoms with Gasteiger partial charge >= 0.3 is 0 Å². The minimum Gasteiger partial charge on any atom is -0.351 e. The quantitative estimate of drug-likeness (QED) is 0.843. The molecule has 0 unspecified atom stereocenters. The van der Waals surface area contributed by atoms with Crippen molar-refractivity contribution in [3.8, 4) is 0 Å². The first-order valence-corrected chi connectivity index (χ1v) is 6.68. The fourth-order valence-corrected chi connectivity index (χ4v) is 1.47. The van der Waals surface area contributed by atoms with Crippen molar-refractivity contribution in [1.82, 2.24) is 15.2 Å². The Balaban J connectivity index is 0.00000137. The average Bonchev–Trinajstić information content (AvgIpc) is 2.46. The molecule has 1 aromatic heterocycles. The van der Waals surface area contributed by atoms with Crippen LogP contribution in [0.1, 0.15) is 38.1 Å². The molecule has 0 saturated heterocycles. The Labute approximate surface area is 110 Å². The Morgan fingerprint density at radius 3 is 2.50 bits per heavy atom. The molecule has 0 aliphatic rings. The average molecular weight is 251 g/mol. The molecular weight excluding hydrogens is 226 g/mol. The molecule has 0 bridgehead atoms. The summed E-state index contributed by atoms with van der Waals surface area (Å²) in [6.45, 7) is 11.8. The van der Waals surface area contributed by atoms with Gasteiger partial charge < -0.3 is 10.2 Å². The first-order valence-electron chi connectivity index (χ1n) is 6.68. The second-order valence-electron chi connectivity index (χ2n) is 3.52. The number of hydrogen-bond acceptors (Lipinski definition) is 3. The summed E-state index contributed by atoms with van der Waals surface area (Å²) in [5.41, 5.74) is 0.613. The molecule has 0 aliphatic heterocycles. The number of aromatic nitrogens is 1. The number of likely N-dealkylation sites (N-methyl/N-ethyl adjacent to an activating group) is 1. The summed E-state index contributed by atoms with van der Waals surface area (Å²) in [6.07, 6.45) is 3.24. The molecule has 4 nitrogen and oxygen atoms in total. The number of amides is 1. The molecular formula is C14H25N3O. The van der Waals surface area contributed by atoms with E-state index < -0.39 is 0 Å². The van der Waals surface area contributed by atoms with E-state index in [9.17, 15) is 4.79 Å². The Bertz CT molecular complexity index is 310. The lowest BCUT2D eigenvalue weighted by atomic mass is 10.3. The van der Waals surface area contributed by atoms with Gasteiger partial charge in [-0.3, -0.25) is 9.78 Å². The van der Waals surface area contributed by atoms with E-state index >= 15 is 0 Å². The second kappa shape index (κ2) is 10.7. The number of pyridine rings is 1. The Morgan fingerprint density at radius 1 is 1.33 bits per heavy atom. The highest BCUT2D eigenvalue weighted by molar-refractivity contribution is 5.93. The highest BCUT2D eigenvalue weighted by Crippen LogP contribution is 1.94. The van der Waals surface area contributed by atoms with Gasteiger partial charge in [0.05, 0.1) is 5.56 Å². The third-order valence-electron chi connectivity index (χ3n) is 2.53. The SMILES string of the molecule is CC.CCN(CC)CCNC(=O)c1cccnc1. The maximum Gasteiger partial charge on any atom is 0.252 e. The first-order chi connectivity index (χ1) is 8.77. The van der Waals surface area contributed by atoms with Gasteiger partial charge in [-0.25, -0.2) is 0 Å². The van der Waals surface area contributed by atoms with Gasteiger partial charge in [0.15, 0.2) is 0 Å². The van der Waals surface area contributed by atoms with Crippen LogP contribution in [0.15, 0.2) is 24.5 Å². The predicted octanol–water partition coefficient (Wildman–Crippen LogP) is 2.18. The Hall–Kier alpha value is -1.42. The van der Waals surface area contributed by atoms with E-state index in [1.807, 2.05) is 13.8 Å². The molecule has 18 heavy (non-hydrogen) atoms. The molecule has 0 spiro atoms. The van der Waals surface area contributed by atoms with E-state index in [0.29, 0.717) is 12.1 Å². The molecule has 0 radical (unpaired) electrons. The van der Waals surface area contributed by atoms with Crippen LogP contribution < -0.4 is 5.32 Å². The van der Waals surface area contributed by atoms with E-state index in [1.54, 1.807) is 24.5 Å². The van der Waals surface area contributed by atoms with Crippen molar-refractivity contribution >= 4 is 5.91 Å². The Kier molecular flexibility index (Phi) is 9.87. The van der Waals surface area contributed by atoms with Crippen LogP contribution in [-0.4, -0.2) is 42.0 Å². The molecule has 1 rings (SSSR count). The van der Waals surface area contributed by atoms with Gasteiger partial charge in [-0.1, -0.05) is 27.7 Å². The van der Waals surface area contributed by atoms with E-state index in [1.165, 1.54) is 0 Å². The number of nitrogens with zero attached hydrogens (tertiary/aromatic N) is 2. The van der Waals surface area contributed by atoms with Gasteiger partial charge in [0, 0.05) is 25.5 Å². The van der Waals surface area contributed by atoms with E-state index in [4.69, 9.17) is 0 Å². The zero-order valence-corrected chi connectivity index (χ0v) is 11.9. The van der Waals surface area contributed by atoms with Crippen molar-refractivity contribution in [2.24, 2.45) is 0 Å². The third kappa shape index (κ3) is 6.35. The fourth-order valence-electron chi connectivity index (χ4n) is 1.47. The summed E-state index contributed by atoms with van der Waals surface area (Å²) in [5, 5.41) is 2.88. The predicted molar refractivity (Wildman–Crippen MR) is 75.7 cm³/mol. The molecule has 1 N–H and O–H groups in total. The molecule has 1 heterocycles. The van der Waals surface area contributed by atoms with Crippen LogP contribution in [0.3, 0.4) is 0 Å². The van der Waals surface area contributed by atoms with Gasteiger partial charge in [0.1, 0.15) is 0 Å². The summed E-state index contributed by atoms with van der Waals surface area (Å²) in [5.74, 6) is -0.0553. The van der Waals surface area contributed by atoms with E-state index in [-0.39, 0.29) is 5.91 Å². The van der Waals surface area contributed by atoms with Gasteiger partial charge in [0.2, 0.25) is 0 Å². The minimum absolute atomic E-state index is 0.0553. The highest BCUT2D eigenvalue weighted by Gasteiger charge is 2.04. The zero-order chi connectivity index (χ0) is 13.8. The number of nitrogens with one attached hydrogen (secondary N) is 1. The lowest BCUT2D eigenvalue weighted by molar-refractivity contribution is 0.0948. The standard InChI is InChI=1S/C12H19N3O.C2H6/c1-3-15(4-2)9-8-14-12(16)11-6-5-7-13-10-11;1-2/h5-7,10H,3-4,8-9H2,1-2H3,(H,14,16);1-2H3. The molecule has 0 fully saturated rings. The van der Waals surface area contributed by atoms with Gasteiger partial charge in [-0.2, -0.15) is 0 Å². The lowest BCUT2D eigenvalue weighted by Gasteiger charge is -2.17. The van der Waals surface area contributed by atoms with Crippen LogP contribution in [0.2, 0.25) is 0 Å². The van der Waals surface area contributed by atoms with Crippen LogP contribution in [0.5, 0.6) is 0 Å².